The fourth-order valence-corrected chi connectivity index (χ4v) is 2.59. The van der Waals surface area contributed by atoms with Gasteiger partial charge in [0.05, 0.1) is 4.90 Å². The van der Waals surface area contributed by atoms with Gasteiger partial charge in [-0.25, -0.2) is 13.1 Å². The first-order valence-corrected chi connectivity index (χ1v) is 7.51. The number of benzene rings is 1. The Morgan fingerprint density at radius 3 is 2.32 bits per heavy atom. The zero-order valence-electron chi connectivity index (χ0n) is 10.6. The van der Waals surface area contributed by atoms with Gasteiger partial charge in [0.2, 0.25) is 15.9 Å². The monoisotopic (exact) mass is 285 g/mol. The summed E-state index contributed by atoms with van der Waals surface area (Å²) in [4.78, 5) is 10.7. The van der Waals surface area contributed by atoms with E-state index >= 15 is 0 Å². The highest BCUT2D eigenvalue weighted by atomic mass is 32.2. The topological polar surface area (TPSA) is 115 Å². The van der Waals surface area contributed by atoms with Crippen LogP contribution in [0.1, 0.15) is 24.8 Å². The molecular weight excluding hydrogens is 266 g/mol. The average Bonchev–Trinajstić information content (AvgIpc) is 2.38. The average molecular weight is 285 g/mol. The molecule has 7 heteroatoms. The lowest BCUT2D eigenvalue weighted by Crippen LogP contribution is -2.25. The summed E-state index contributed by atoms with van der Waals surface area (Å²) in [6.07, 6.45) is 1.42. The number of nitrogens with two attached hydrogens (primary N) is 2. The molecule has 1 amide bonds. The first-order valence-electron chi connectivity index (χ1n) is 6.02. The molecule has 0 aromatic heterocycles. The molecular formula is C12H19N3O3S. The lowest BCUT2D eigenvalue weighted by Gasteiger charge is -2.07. The largest absolute Gasteiger partial charge is 0.370 e. The molecule has 0 unspecified atom stereocenters. The van der Waals surface area contributed by atoms with Gasteiger partial charge < -0.3 is 11.5 Å². The first kappa shape index (κ1) is 15.6. The van der Waals surface area contributed by atoms with E-state index in [0.29, 0.717) is 19.4 Å². The van der Waals surface area contributed by atoms with Crippen molar-refractivity contribution < 1.29 is 13.2 Å². The fraction of sp³-hybridized carbons (Fsp3) is 0.417. The second kappa shape index (κ2) is 7.22. The van der Waals surface area contributed by atoms with Crippen LogP contribution in [0.4, 0.5) is 0 Å². The molecule has 0 saturated carbocycles. The number of nitrogens with one attached hydrogen (secondary N) is 1. The summed E-state index contributed by atoms with van der Waals surface area (Å²) < 4.78 is 26.3. The van der Waals surface area contributed by atoms with Gasteiger partial charge in [-0.15, -0.1) is 0 Å². The molecule has 19 heavy (non-hydrogen) atoms. The molecule has 0 aliphatic heterocycles. The standard InChI is InChI=1S/C12H19N3O3S/c13-9-10-4-6-11(7-5-10)19(17,18)15-8-2-1-3-12(14)16/h4-7,15H,1-3,8-9,13H2,(H2,14,16). The van der Waals surface area contributed by atoms with Crippen LogP contribution in [0, 0.1) is 0 Å². The van der Waals surface area contributed by atoms with Crippen LogP contribution >= 0.6 is 0 Å². The number of carbonyl (C=O) groups is 1. The Hall–Kier alpha value is -1.44. The van der Waals surface area contributed by atoms with Crippen molar-refractivity contribution in [3.05, 3.63) is 29.8 Å². The molecule has 0 atom stereocenters. The minimum absolute atomic E-state index is 0.208. The van der Waals surface area contributed by atoms with Gasteiger partial charge in [-0.1, -0.05) is 12.1 Å². The fourth-order valence-electron chi connectivity index (χ4n) is 1.52. The van der Waals surface area contributed by atoms with Gasteiger partial charge in [-0.2, -0.15) is 0 Å². The van der Waals surface area contributed by atoms with Gasteiger partial charge in [0.15, 0.2) is 0 Å². The van der Waals surface area contributed by atoms with Crippen LogP contribution in [-0.2, 0) is 21.4 Å². The van der Waals surface area contributed by atoms with E-state index in [-0.39, 0.29) is 23.8 Å². The predicted molar refractivity (Wildman–Crippen MR) is 72.6 cm³/mol. The van der Waals surface area contributed by atoms with E-state index < -0.39 is 10.0 Å². The summed E-state index contributed by atoms with van der Waals surface area (Å²) in [7, 11) is -3.49. The normalized spacial score (nSPS) is 11.4. The molecule has 0 fully saturated rings. The minimum Gasteiger partial charge on any atom is -0.370 e. The molecule has 0 aliphatic carbocycles. The smallest absolute Gasteiger partial charge is 0.240 e. The second-order valence-electron chi connectivity index (χ2n) is 4.17. The molecule has 5 N–H and O–H groups in total. The maximum atomic E-state index is 11.9. The Labute approximate surface area is 113 Å². The molecule has 0 radical (unpaired) electrons. The zero-order valence-corrected chi connectivity index (χ0v) is 11.4. The molecule has 1 aromatic rings. The predicted octanol–water partition coefficient (Wildman–Crippen LogP) is 0.0792. The van der Waals surface area contributed by atoms with Gasteiger partial charge in [0.1, 0.15) is 0 Å². The van der Waals surface area contributed by atoms with Gasteiger partial charge in [-0.3, -0.25) is 4.79 Å². The summed E-state index contributed by atoms with van der Waals surface area (Å²) in [5, 5.41) is 0. The first-order chi connectivity index (χ1) is 8.95. The summed E-state index contributed by atoms with van der Waals surface area (Å²) in [5.41, 5.74) is 11.3. The molecule has 1 rings (SSSR count). The summed E-state index contributed by atoms with van der Waals surface area (Å²) in [5.74, 6) is -0.375. The number of hydrogen-bond acceptors (Lipinski definition) is 4. The van der Waals surface area contributed by atoms with E-state index in [0.717, 1.165) is 5.56 Å². The van der Waals surface area contributed by atoms with E-state index in [4.69, 9.17) is 11.5 Å². The molecule has 1 aromatic carbocycles. The summed E-state index contributed by atoms with van der Waals surface area (Å²) >= 11 is 0. The number of rotatable bonds is 8. The van der Waals surface area contributed by atoms with Crippen LogP contribution in [0.15, 0.2) is 29.2 Å². The lowest BCUT2D eigenvalue weighted by molar-refractivity contribution is -0.118. The lowest BCUT2D eigenvalue weighted by atomic mass is 10.2. The minimum atomic E-state index is -3.49. The molecule has 0 aliphatic rings. The zero-order chi connectivity index (χ0) is 14.3. The van der Waals surface area contributed by atoms with Crippen molar-refractivity contribution in [3.63, 3.8) is 0 Å². The quantitative estimate of drug-likeness (QED) is 0.586. The van der Waals surface area contributed by atoms with Gasteiger partial charge in [0.25, 0.3) is 0 Å². The van der Waals surface area contributed by atoms with Crippen molar-refractivity contribution in [2.45, 2.75) is 30.7 Å². The van der Waals surface area contributed by atoms with Gasteiger partial charge in [0, 0.05) is 19.5 Å². The number of sulfonamides is 1. The van der Waals surface area contributed by atoms with Crippen molar-refractivity contribution in [2.24, 2.45) is 11.5 Å². The number of hydrogen-bond donors (Lipinski definition) is 3. The van der Waals surface area contributed by atoms with Crippen molar-refractivity contribution >= 4 is 15.9 Å². The molecule has 106 valence electrons. The van der Waals surface area contributed by atoms with Gasteiger partial charge in [-0.05, 0) is 30.5 Å². The SMILES string of the molecule is NCc1ccc(S(=O)(=O)NCCCCC(N)=O)cc1. The van der Waals surface area contributed by atoms with E-state index in [1.54, 1.807) is 12.1 Å². The Morgan fingerprint density at radius 2 is 1.79 bits per heavy atom. The van der Waals surface area contributed by atoms with Crippen molar-refractivity contribution in [1.82, 2.24) is 4.72 Å². The number of primary amides is 1. The van der Waals surface area contributed by atoms with Crippen LogP contribution < -0.4 is 16.2 Å². The van der Waals surface area contributed by atoms with Crippen LogP contribution in [0.5, 0.6) is 0 Å². The van der Waals surface area contributed by atoms with E-state index in [9.17, 15) is 13.2 Å². The molecule has 6 nitrogen and oxygen atoms in total. The Morgan fingerprint density at radius 1 is 1.16 bits per heavy atom. The Balaban J connectivity index is 2.48. The number of amides is 1. The van der Waals surface area contributed by atoms with E-state index in [2.05, 4.69) is 4.72 Å². The van der Waals surface area contributed by atoms with Crippen molar-refractivity contribution in [1.29, 1.82) is 0 Å². The molecule has 0 bridgehead atoms. The van der Waals surface area contributed by atoms with Crippen molar-refractivity contribution in [2.75, 3.05) is 6.54 Å². The van der Waals surface area contributed by atoms with Crippen molar-refractivity contribution in [3.8, 4) is 0 Å². The number of carbonyl (C=O) groups excluding carboxylic acids is 1. The van der Waals surface area contributed by atoms with E-state index in [1.807, 2.05) is 0 Å². The van der Waals surface area contributed by atoms with Crippen LogP contribution in [0.2, 0.25) is 0 Å². The maximum Gasteiger partial charge on any atom is 0.240 e. The van der Waals surface area contributed by atoms with Crippen LogP contribution in [-0.4, -0.2) is 20.9 Å². The van der Waals surface area contributed by atoms with Gasteiger partial charge >= 0.3 is 0 Å². The highest BCUT2D eigenvalue weighted by molar-refractivity contribution is 7.89. The third-order valence-corrected chi connectivity index (χ3v) is 4.09. The summed E-state index contributed by atoms with van der Waals surface area (Å²) in [6.45, 7) is 0.662. The summed E-state index contributed by atoms with van der Waals surface area (Å²) in [6, 6.07) is 6.41. The van der Waals surface area contributed by atoms with Crippen LogP contribution in [0.3, 0.4) is 0 Å². The highest BCUT2D eigenvalue weighted by Crippen LogP contribution is 2.10. The molecule has 0 spiro atoms. The highest BCUT2D eigenvalue weighted by Gasteiger charge is 2.12. The van der Waals surface area contributed by atoms with Crippen LogP contribution in [0.25, 0.3) is 0 Å². The third-order valence-electron chi connectivity index (χ3n) is 2.61. The molecule has 0 saturated heterocycles. The Bertz CT molecular complexity index is 512. The molecule has 0 heterocycles. The number of unbranched alkanes of at least 4 members (excludes halogenated alkanes) is 1. The third kappa shape index (κ3) is 5.37. The Kier molecular flexibility index (Phi) is 5.94. The van der Waals surface area contributed by atoms with E-state index in [1.165, 1.54) is 12.1 Å². The maximum absolute atomic E-state index is 11.9. The second-order valence-corrected chi connectivity index (χ2v) is 5.94.